The fourth-order valence-corrected chi connectivity index (χ4v) is 5.45. The highest BCUT2D eigenvalue weighted by Crippen LogP contribution is 2.33. The van der Waals surface area contributed by atoms with E-state index in [4.69, 9.17) is 20.9 Å². The van der Waals surface area contributed by atoms with E-state index in [-0.39, 0.29) is 24.1 Å². The molecule has 0 unspecified atom stereocenters. The van der Waals surface area contributed by atoms with Gasteiger partial charge >= 0.3 is 0 Å². The second-order valence-electron chi connectivity index (χ2n) is 8.55. The maximum Gasteiger partial charge on any atom is 0.263 e. The van der Waals surface area contributed by atoms with Crippen LogP contribution in [0.15, 0.2) is 24.4 Å². The van der Waals surface area contributed by atoms with Gasteiger partial charge in [0.25, 0.3) is 5.91 Å². The maximum atomic E-state index is 12.9. The number of amides is 1. The minimum absolute atomic E-state index is 0.00814. The van der Waals surface area contributed by atoms with Crippen LogP contribution < -0.4 is 26.4 Å². The lowest BCUT2D eigenvalue weighted by atomic mass is 10.0. The normalized spacial score (nSPS) is 22.3. The average Bonchev–Trinajstić information content (AvgIpc) is 3.33. The highest BCUT2D eigenvalue weighted by atomic mass is 32.1. The van der Waals surface area contributed by atoms with Gasteiger partial charge < -0.3 is 31.2 Å². The molecule has 2 aliphatic rings. The molecule has 0 aromatic carbocycles. The number of nitrogen functional groups attached to an aromatic ring is 1. The number of nitrogens with one attached hydrogen (secondary N) is 1. The van der Waals surface area contributed by atoms with E-state index in [0.29, 0.717) is 43.3 Å². The molecule has 10 heteroatoms. The summed E-state index contributed by atoms with van der Waals surface area (Å²) < 4.78 is 11.7. The number of carbonyl (C=O) groups excluding carboxylic acids is 1. The summed E-state index contributed by atoms with van der Waals surface area (Å²) in [5.74, 6) is 1.41. The van der Waals surface area contributed by atoms with Crippen LogP contribution in [-0.4, -0.2) is 60.4 Å². The van der Waals surface area contributed by atoms with Crippen LogP contribution in [-0.2, 0) is 11.2 Å². The van der Waals surface area contributed by atoms with E-state index in [2.05, 4.69) is 20.2 Å². The zero-order valence-corrected chi connectivity index (χ0v) is 19.5. The van der Waals surface area contributed by atoms with Crippen molar-refractivity contribution in [3.63, 3.8) is 0 Å². The number of fused-ring (bicyclic) bond motifs is 2. The lowest BCUT2D eigenvalue weighted by Crippen LogP contribution is -2.42. The Morgan fingerprint density at radius 2 is 2.24 bits per heavy atom. The van der Waals surface area contributed by atoms with Crippen LogP contribution in [0.5, 0.6) is 5.75 Å². The number of thiophene rings is 1. The highest BCUT2D eigenvalue weighted by Gasteiger charge is 2.32. The second-order valence-corrected chi connectivity index (χ2v) is 9.55. The molecule has 1 amide bonds. The van der Waals surface area contributed by atoms with Crippen molar-refractivity contribution in [2.24, 2.45) is 5.73 Å². The lowest BCUT2D eigenvalue weighted by molar-refractivity contribution is 0.0680. The van der Waals surface area contributed by atoms with Gasteiger partial charge in [0.05, 0.1) is 23.9 Å². The molecule has 3 atom stereocenters. The minimum atomic E-state index is -0.206. The topological polar surface area (TPSA) is 129 Å². The minimum Gasteiger partial charge on any atom is -0.491 e. The van der Waals surface area contributed by atoms with E-state index in [1.807, 2.05) is 38.2 Å². The summed E-state index contributed by atoms with van der Waals surface area (Å²) in [6.07, 6.45) is 2.47. The SMILES string of the molecule is CCO[C@H]1CN(c2cc3c(cn2)C[C@@H](NC(=O)c2sc4nc(C)ccc4c2N)CO3)C[C@@H]1N. The number of ether oxygens (including phenoxy) is 2. The van der Waals surface area contributed by atoms with Gasteiger partial charge in [-0.3, -0.25) is 4.79 Å². The largest absolute Gasteiger partial charge is 0.491 e. The number of aromatic nitrogens is 2. The molecule has 3 aromatic heterocycles. The van der Waals surface area contributed by atoms with Gasteiger partial charge in [0.1, 0.15) is 27.9 Å². The van der Waals surface area contributed by atoms with Crippen molar-refractivity contribution in [2.75, 3.05) is 36.9 Å². The van der Waals surface area contributed by atoms with E-state index >= 15 is 0 Å². The fraction of sp³-hybridized carbons (Fsp3) is 0.435. The summed E-state index contributed by atoms with van der Waals surface area (Å²) in [6.45, 7) is 6.32. The van der Waals surface area contributed by atoms with Crippen molar-refractivity contribution in [1.29, 1.82) is 0 Å². The summed E-state index contributed by atoms with van der Waals surface area (Å²) in [4.78, 5) is 25.4. The Kier molecular flexibility index (Phi) is 5.81. The summed E-state index contributed by atoms with van der Waals surface area (Å²) in [5.41, 5.74) is 14.8. The zero-order chi connectivity index (χ0) is 23.1. The van der Waals surface area contributed by atoms with Crippen LogP contribution in [0, 0.1) is 6.92 Å². The van der Waals surface area contributed by atoms with Gasteiger partial charge in [-0.2, -0.15) is 0 Å². The quantitative estimate of drug-likeness (QED) is 0.518. The zero-order valence-electron chi connectivity index (χ0n) is 18.7. The monoisotopic (exact) mass is 468 g/mol. The number of hydrogen-bond donors (Lipinski definition) is 3. The molecule has 9 nitrogen and oxygen atoms in total. The van der Waals surface area contributed by atoms with Gasteiger partial charge in [-0.05, 0) is 26.0 Å². The number of pyridine rings is 2. The van der Waals surface area contributed by atoms with Gasteiger partial charge in [-0.25, -0.2) is 9.97 Å². The average molecular weight is 469 g/mol. The predicted octanol–water partition coefficient (Wildman–Crippen LogP) is 1.87. The van der Waals surface area contributed by atoms with Gasteiger partial charge in [0, 0.05) is 55.0 Å². The molecule has 0 bridgehead atoms. The third-order valence-electron chi connectivity index (χ3n) is 6.12. The third kappa shape index (κ3) is 4.21. The van der Waals surface area contributed by atoms with Gasteiger partial charge in [0.2, 0.25) is 0 Å². The van der Waals surface area contributed by atoms with Gasteiger partial charge in [0.15, 0.2) is 0 Å². The first-order chi connectivity index (χ1) is 15.9. The summed E-state index contributed by atoms with van der Waals surface area (Å²) >= 11 is 1.31. The molecule has 2 aliphatic heterocycles. The Labute approximate surface area is 196 Å². The number of hydrogen-bond acceptors (Lipinski definition) is 9. The first-order valence-electron chi connectivity index (χ1n) is 11.1. The predicted molar refractivity (Wildman–Crippen MR) is 129 cm³/mol. The molecule has 1 fully saturated rings. The van der Waals surface area contributed by atoms with Crippen LogP contribution in [0.3, 0.4) is 0 Å². The van der Waals surface area contributed by atoms with Gasteiger partial charge in [-0.1, -0.05) is 0 Å². The molecule has 0 aliphatic carbocycles. The number of carbonyl (C=O) groups is 1. The Morgan fingerprint density at radius 1 is 1.39 bits per heavy atom. The Morgan fingerprint density at radius 3 is 3.06 bits per heavy atom. The molecule has 1 saturated heterocycles. The van der Waals surface area contributed by atoms with Crippen LogP contribution in [0.2, 0.25) is 0 Å². The Hall–Kier alpha value is -2.95. The van der Waals surface area contributed by atoms with Crippen LogP contribution in [0.1, 0.15) is 27.9 Å². The molecule has 174 valence electrons. The first kappa shape index (κ1) is 21.9. The molecule has 0 radical (unpaired) electrons. The summed E-state index contributed by atoms with van der Waals surface area (Å²) in [6, 6.07) is 5.55. The molecule has 5 heterocycles. The van der Waals surface area contributed by atoms with Crippen LogP contribution in [0.4, 0.5) is 11.5 Å². The van der Waals surface area contributed by atoms with E-state index in [1.165, 1.54) is 11.3 Å². The van der Waals surface area contributed by atoms with Crippen molar-refractivity contribution < 1.29 is 14.3 Å². The van der Waals surface area contributed by atoms with Gasteiger partial charge in [-0.15, -0.1) is 11.3 Å². The number of anilines is 2. The smallest absolute Gasteiger partial charge is 0.263 e. The molecule has 33 heavy (non-hydrogen) atoms. The Balaban J connectivity index is 1.26. The van der Waals surface area contributed by atoms with Crippen molar-refractivity contribution in [3.05, 3.63) is 40.5 Å². The van der Waals surface area contributed by atoms with E-state index < -0.39 is 0 Å². The number of rotatable bonds is 5. The molecule has 0 saturated carbocycles. The highest BCUT2D eigenvalue weighted by molar-refractivity contribution is 7.21. The number of nitrogens with zero attached hydrogens (tertiary/aromatic N) is 3. The summed E-state index contributed by atoms with van der Waals surface area (Å²) in [5, 5.41) is 3.87. The number of aryl methyl sites for hydroxylation is 1. The Bertz CT molecular complexity index is 1200. The molecule has 3 aromatic rings. The van der Waals surface area contributed by atoms with Crippen molar-refractivity contribution >= 4 is 39.0 Å². The molecule has 5 N–H and O–H groups in total. The summed E-state index contributed by atoms with van der Waals surface area (Å²) in [7, 11) is 0. The van der Waals surface area contributed by atoms with Crippen molar-refractivity contribution in [1.82, 2.24) is 15.3 Å². The van der Waals surface area contributed by atoms with Crippen molar-refractivity contribution in [3.8, 4) is 5.75 Å². The molecule has 0 spiro atoms. The molecule has 5 rings (SSSR count). The van der Waals surface area contributed by atoms with Crippen LogP contribution in [0.25, 0.3) is 10.2 Å². The molecular weight excluding hydrogens is 440 g/mol. The third-order valence-corrected chi connectivity index (χ3v) is 7.24. The second kappa shape index (κ2) is 8.77. The van der Waals surface area contributed by atoms with E-state index in [0.717, 1.165) is 33.0 Å². The first-order valence-corrected chi connectivity index (χ1v) is 11.9. The number of nitrogens with two attached hydrogens (primary N) is 2. The van der Waals surface area contributed by atoms with Crippen molar-refractivity contribution in [2.45, 2.75) is 38.5 Å². The van der Waals surface area contributed by atoms with E-state index in [1.54, 1.807) is 0 Å². The maximum absolute atomic E-state index is 12.9. The van der Waals surface area contributed by atoms with E-state index in [9.17, 15) is 4.79 Å². The van der Waals surface area contributed by atoms with Crippen LogP contribution >= 0.6 is 11.3 Å². The lowest BCUT2D eigenvalue weighted by Gasteiger charge is -2.27. The molecular formula is C23H28N6O3S. The fourth-order valence-electron chi connectivity index (χ4n) is 4.41. The standard InChI is InChI=1S/C23H28N6O3S/c1-3-31-18-10-29(9-16(18)24)19-7-17-13(8-26-19)6-14(11-32-17)28-22(30)21-20(25)15-5-4-12(2)27-23(15)33-21/h4-5,7-8,14,16,18H,3,6,9-11,24-25H2,1-2H3,(H,28,30)/t14-,16+,18+/m1/s1.